The van der Waals surface area contributed by atoms with Gasteiger partial charge in [0.05, 0.1) is 23.0 Å². The van der Waals surface area contributed by atoms with Gasteiger partial charge in [-0.15, -0.1) is 11.8 Å². The molecule has 8 heteroatoms. The van der Waals surface area contributed by atoms with Crippen molar-refractivity contribution in [2.75, 3.05) is 18.5 Å². The van der Waals surface area contributed by atoms with Crippen LogP contribution in [0.4, 0.5) is 5.69 Å². The molecule has 1 atom stereocenters. The van der Waals surface area contributed by atoms with Gasteiger partial charge in [-0.05, 0) is 61.4 Å². The summed E-state index contributed by atoms with van der Waals surface area (Å²) in [5.74, 6) is 0.248. The van der Waals surface area contributed by atoms with Crippen LogP contribution in [0.3, 0.4) is 0 Å². The molecule has 4 aromatic rings. The fourth-order valence-electron chi connectivity index (χ4n) is 4.01. The number of benzene rings is 2. The molecule has 2 amide bonds. The second-order valence-corrected chi connectivity index (χ2v) is 9.40. The molecule has 0 radical (unpaired) electrons. The van der Waals surface area contributed by atoms with Gasteiger partial charge in [-0.1, -0.05) is 18.2 Å². The molecular formula is C27H26N4O3S. The molecule has 1 aliphatic heterocycles. The molecule has 2 N–H and O–H groups in total. The molecule has 1 saturated heterocycles. The molecule has 35 heavy (non-hydrogen) atoms. The summed E-state index contributed by atoms with van der Waals surface area (Å²) in [6.07, 6.45) is 6.04. The molecule has 7 nitrogen and oxygen atoms in total. The Morgan fingerprint density at radius 3 is 2.66 bits per heavy atom. The largest absolute Gasteiger partial charge is 0.376 e. The highest BCUT2D eigenvalue weighted by molar-refractivity contribution is 7.98. The average Bonchev–Trinajstić information content (AvgIpc) is 3.56. The fraction of sp³-hybridized carbons (Fsp3) is 0.222. The number of anilines is 1. The fourth-order valence-corrected chi connectivity index (χ4v) is 4.79. The monoisotopic (exact) mass is 486 g/mol. The van der Waals surface area contributed by atoms with Gasteiger partial charge in [-0.3, -0.25) is 9.59 Å². The Morgan fingerprint density at radius 1 is 1.03 bits per heavy atom. The smallest absolute Gasteiger partial charge is 0.255 e. The van der Waals surface area contributed by atoms with Crippen molar-refractivity contribution in [3.63, 3.8) is 0 Å². The van der Waals surface area contributed by atoms with Crippen molar-refractivity contribution < 1.29 is 14.3 Å². The number of thioether (sulfide) groups is 1. The van der Waals surface area contributed by atoms with Crippen molar-refractivity contribution in [2.24, 2.45) is 0 Å². The van der Waals surface area contributed by atoms with E-state index in [9.17, 15) is 9.59 Å². The number of hydrogen-bond donors (Lipinski definition) is 2. The van der Waals surface area contributed by atoms with Crippen molar-refractivity contribution in [2.45, 2.75) is 29.6 Å². The Hall–Kier alpha value is -3.62. The Balaban J connectivity index is 1.18. The predicted molar refractivity (Wildman–Crippen MR) is 137 cm³/mol. The first kappa shape index (κ1) is 23.1. The van der Waals surface area contributed by atoms with Gasteiger partial charge < -0.3 is 19.8 Å². The van der Waals surface area contributed by atoms with E-state index >= 15 is 0 Å². The van der Waals surface area contributed by atoms with E-state index in [4.69, 9.17) is 4.74 Å². The lowest BCUT2D eigenvalue weighted by Crippen LogP contribution is -2.32. The van der Waals surface area contributed by atoms with Gasteiger partial charge in [0.25, 0.3) is 11.8 Å². The zero-order valence-electron chi connectivity index (χ0n) is 19.1. The number of amides is 2. The summed E-state index contributed by atoms with van der Waals surface area (Å²) in [5.41, 5.74) is 3.36. The van der Waals surface area contributed by atoms with Crippen LogP contribution in [-0.4, -0.2) is 40.5 Å². The number of nitrogens with zero attached hydrogens (tertiary/aromatic N) is 2. The van der Waals surface area contributed by atoms with E-state index in [-0.39, 0.29) is 17.9 Å². The van der Waals surface area contributed by atoms with Gasteiger partial charge in [0.1, 0.15) is 5.65 Å². The molecule has 1 aliphatic rings. The number of carbonyl (C=O) groups is 2. The molecule has 0 spiro atoms. The predicted octanol–water partition coefficient (Wildman–Crippen LogP) is 4.79. The Morgan fingerprint density at radius 2 is 1.86 bits per heavy atom. The van der Waals surface area contributed by atoms with Crippen LogP contribution in [0.25, 0.3) is 5.65 Å². The minimum Gasteiger partial charge on any atom is -0.376 e. The highest BCUT2D eigenvalue weighted by atomic mass is 32.2. The highest BCUT2D eigenvalue weighted by Crippen LogP contribution is 2.24. The van der Waals surface area contributed by atoms with Gasteiger partial charge in [0.2, 0.25) is 0 Å². The Bertz CT molecular complexity index is 1300. The molecule has 1 unspecified atom stereocenters. The van der Waals surface area contributed by atoms with Crippen LogP contribution in [0, 0.1) is 0 Å². The quantitative estimate of drug-likeness (QED) is 0.350. The maximum Gasteiger partial charge on any atom is 0.255 e. The molecule has 178 valence electrons. The van der Waals surface area contributed by atoms with E-state index in [1.165, 1.54) is 0 Å². The third kappa shape index (κ3) is 5.72. The topological polar surface area (TPSA) is 84.7 Å². The van der Waals surface area contributed by atoms with Crippen molar-refractivity contribution in [3.8, 4) is 0 Å². The summed E-state index contributed by atoms with van der Waals surface area (Å²) >= 11 is 1.66. The van der Waals surface area contributed by atoms with Crippen LogP contribution in [0.2, 0.25) is 0 Å². The molecule has 2 aromatic carbocycles. The second-order valence-electron chi connectivity index (χ2n) is 8.36. The van der Waals surface area contributed by atoms with E-state index in [0.29, 0.717) is 23.4 Å². The Labute approximate surface area is 207 Å². The van der Waals surface area contributed by atoms with E-state index in [0.717, 1.165) is 41.4 Å². The highest BCUT2D eigenvalue weighted by Gasteiger charge is 2.18. The Kier molecular flexibility index (Phi) is 7.11. The van der Waals surface area contributed by atoms with Crippen LogP contribution in [0.1, 0.15) is 39.3 Å². The number of hydrogen-bond acceptors (Lipinski definition) is 5. The lowest BCUT2D eigenvalue weighted by atomic mass is 10.1. The number of nitrogens with one attached hydrogen (secondary N) is 2. The van der Waals surface area contributed by atoms with Gasteiger partial charge in [-0.2, -0.15) is 0 Å². The van der Waals surface area contributed by atoms with Crippen molar-refractivity contribution in [1.29, 1.82) is 0 Å². The summed E-state index contributed by atoms with van der Waals surface area (Å²) in [6.45, 7) is 1.21. The van der Waals surface area contributed by atoms with E-state index in [1.807, 2.05) is 47.1 Å². The van der Waals surface area contributed by atoms with E-state index in [1.54, 1.807) is 48.2 Å². The van der Waals surface area contributed by atoms with Crippen LogP contribution < -0.4 is 10.6 Å². The van der Waals surface area contributed by atoms with E-state index in [2.05, 4.69) is 15.6 Å². The number of rotatable bonds is 8. The molecule has 0 aliphatic carbocycles. The van der Waals surface area contributed by atoms with Gasteiger partial charge in [0.15, 0.2) is 0 Å². The maximum atomic E-state index is 12.9. The van der Waals surface area contributed by atoms with Crippen LogP contribution in [0.5, 0.6) is 0 Å². The minimum atomic E-state index is -0.263. The van der Waals surface area contributed by atoms with Crippen molar-refractivity contribution in [3.05, 3.63) is 95.9 Å². The zero-order chi connectivity index (χ0) is 24.0. The van der Waals surface area contributed by atoms with Crippen molar-refractivity contribution >= 4 is 34.9 Å². The number of para-hydroxylation sites is 1. The third-order valence-electron chi connectivity index (χ3n) is 5.85. The molecular weight excluding hydrogens is 460 g/mol. The molecule has 3 heterocycles. The summed E-state index contributed by atoms with van der Waals surface area (Å²) in [5, 5.41) is 5.79. The van der Waals surface area contributed by atoms with Gasteiger partial charge >= 0.3 is 0 Å². The second kappa shape index (κ2) is 10.8. The van der Waals surface area contributed by atoms with Crippen LogP contribution in [0.15, 0.2) is 84.0 Å². The normalized spacial score (nSPS) is 15.3. The SMILES string of the molecule is O=C(Nc1ccccc1C(=O)NCC1CCCO1)c1ccc(SCc2cn3ccccc3n2)cc1. The summed E-state index contributed by atoms with van der Waals surface area (Å²) in [4.78, 5) is 31.2. The standard InChI is InChI=1S/C27H26N4O3S/c32-26(30-24-8-2-1-7-23(24)27(33)28-16-21-6-5-15-34-21)19-10-12-22(13-11-19)35-18-20-17-31-14-4-3-9-25(31)29-20/h1-4,7-14,17,21H,5-6,15-16,18H2,(H,28,33)(H,30,32). The van der Waals surface area contributed by atoms with Crippen LogP contribution >= 0.6 is 11.8 Å². The number of imidazole rings is 1. The summed E-state index contributed by atoms with van der Waals surface area (Å²) in [7, 11) is 0. The number of carbonyl (C=O) groups excluding carboxylic acids is 2. The van der Waals surface area contributed by atoms with Crippen LogP contribution in [-0.2, 0) is 10.5 Å². The van der Waals surface area contributed by atoms with Crippen molar-refractivity contribution in [1.82, 2.24) is 14.7 Å². The molecule has 2 aromatic heterocycles. The first-order chi connectivity index (χ1) is 17.2. The molecule has 5 rings (SSSR count). The summed E-state index contributed by atoms with van der Waals surface area (Å²) < 4.78 is 7.57. The lowest BCUT2D eigenvalue weighted by Gasteiger charge is -2.14. The number of pyridine rings is 1. The lowest BCUT2D eigenvalue weighted by molar-refractivity contribution is 0.0858. The average molecular weight is 487 g/mol. The number of fused-ring (bicyclic) bond motifs is 1. The van der Waals surface area contributed by atoms with Gasteiger partial charge in [0, 0.05) is 41.8 Å². The number of ether oxygens (including phenoxy) is 1. The maximum absolute atomic E-state index is 12.9. The van der Waals surface area contributed by atoms with E-state index < -0.39 is 0 Å². The number of aromatic nitrogens is 2. The molecule has 1 fully saturated rings. The van der Waals surface area contributed by atoms with Gasteiger partial charge in [-0.25, -0.2) is 4.98 Å². The summed E-state index contributed by atoms with van der Waals surface area (Å²) in [6, 6.07) is 20.4. The minimum absolute atomic E-state index is 0.0600. The first-order valence-electron chi connectivity index (χ1n) is 11.6. The zero-order valence-corrected chi connectivity index (χ0v) is 20.0. The first-order valence-corrected chi connectivity index (χ1v) is 12.6. The third-order valence-corrected chi connectivity index (χ3v) is 6.90. The molecule has 0 bridgehead atoms. The molecule has 0 saturated carbocycles.